The van der Waals surface area contributed by atoms with E-state index in [2.05, 4.69) is 55.0 Å². The Morgan fingerprint density at radius 2 is 2.16 bits per heavy atom. The lowest BCUT2D eigenvalue weighted by Gasteiger charge is -2.17. The molecule has 2 aromatic heterocycles. The molecule has 0 saturated carbocycles. The van der Waals surface area contributed by atoms with Crippen LogP contribution < -0.4 is 5.32 Å². The number of rotatable bonds is 4. The van der Waals surface area contributed by atoms with E-state index >= 15 is 0 Å². The number of halogens is 1. The van der Waals surface area contributed by atoms with Crippen LogP contribution in [-0.4, -0.2) is 47.7 Å². The van der Waals surface area contributed by atoms with Crippen LogP contribution in [-0.2, 0) is 6.54 Å². The van der Waals surface area contributed by atoms with Crippen molar-refractivity contribution in [3.63, 3.8) is 0 Å². The summed E-state index contributed by atoms with van der Waals surface area (Å²) in [7, 11) is 0. The summed E-state index contributed by atoms with van der Waals surface area (Å²) >= 11 is 3.78. The zero-order valence-corrected chi connectivity index (χ0v) is 16.1. The molecule has 0 unspecified atom stereocenters. The summed E-state index contributed by atoms with van der Waals surface area (Å²) in [6.45, 7) is 0.634. The van der Waals surface area contributed by atoms with E-state index in [-0.39, 0.29) is 5.37 Å². The highest BCUT2D eigenvalue weighted by atomic mass is 127. The molecule has 3 atom stereocenters. The highest BCUT2D eigenvalue weighted by molar-refractivity contribution is 14.1. The maximum atomic E-state index is 10.2. The van der Waals surface area contributed by atoms with Crippen LogP contribution in [0.2, 0.25) is 0 Å². The minimum atomic E-state index is -0.833. The number of benzene rings is 1. The summed E-state index contributed by atoms with van der Waals surface area (Å²) in [5, 5.41) is 22.9. The van der Waals surface area contributed by atoms with Gasteiger partial charge in [0, 0.05) is 15.9 Å². The minimum Gasteiger partial charge on any atom is -0.389 e. The second-order valence-corrected chi connectivity index (χ2v) is 8.21. The van der Waals surface area contributed by atoms with Crippen molar-refractivity contribution in [1.29, 1.82) is 0 Å². The fourth-order valence-electron chi connectivity index (χ4n) is 2.83. The van der Waals surface area contributed by atoms with Gasteiger partial charge in [-0.3, -0.25) is 4.57 Å². The highest BCUT2D eigenvalue weighted by Crippen LogP contribution is 2.38. The average molecular weight is 469 g/mol. The summed E-state index contributed by atoms with van der Waals surface area (Å²) in [6, 6.07) is 8.23. The third-order valence-electron chi connectivity index (χ3n) is 4.11. The topological polar surface area (TPSA) is 96.1 Å². The zero-order valence-electron chi connectivity index (χ0n) is 13.1. The molecule has 1 fully saturated rings. The van der Waals surface area contributed by atoms with Crippen LogP contribution in [0, 0.1) is 3.57 Å². The molecule has 1 aromatic carbocycles. The van der Waals surface area contributed by atoms with Crippen LogP contribution in [0.3, 0.4) is 0 Å². The van der Waals surface area contributed by atoms with Gasteiger partial charge in [-0.15, -0.1) is 11.8 Å². The number of aromatic nitrogens is 4. The molecule has 130 valence electrons. The Kier molecular flexibility index (Phi) is 4.80. The summed E-state index contributed by atoms with van der Waals surface area (Å²) in [4.78, 5) is 13.0. The average Bonchev–Trinajstić information content (AvgIpc) is 3.17. The number of thioether (sulfide) groups is 1. The molecule has 0 radical (unpaired) electrons. The first-order chi connectivity index (χ1) is 12.1. The van der Waals surface area contributed by atoms with E-state index in [9.17, 15) is 10.2 Å². The Hall–Kier alpha value is -1.43. The van der Waals surface area contributed by atoms with E-state index in [1.165, 1.54) is 21.7 Å². The molecule has 7 nitrogen and oxygen atoms in total. The Morgan fingerprint density at radius 1 is 1.28 bits per heavy atom. The number of fused-ring (bicyclic) bond motifs is 1. The molecular formula is C16H16IN5O2S. The van der Waals surface area contributed by atoms with Gasteiger partial charge < -0.3 is 15.5 Å². The van der Waals surface area contributed by atoms with Gasteiger partial charge in [-0.1, -0.05) is 12.1 Å². The third kappa shape index (κ3) is 3.33. The first-order valence-corrected chi connectivity index (χ1v) is 9.90. The second-order valence-electron chi connectivity index (χ2n) is 5.81. The molecule has 1 aliphatic heterocycles. The number of hydrogen-bond donors (Lipinski definition) is 3. The van der Waals surface area contributed by atoms with Gasteiger partial charge in [-0.05, 0) is 40.3 Å². The van der Waals surface area contributed by atoms with Gasteiger partial charge >= 0.3 is 0 Å². The Bertz CT molecular complexity index is 905. The van der Waals surface area contributed by atoms with E-state index in [1.54, 1.807) is 10.9 Å². The van der Waals surface area contributed by atoms with Crippen molar-refractivity contribution >= 4 is 51.3 Å². The van der Waals surface area contributed by atoms with Crippen molar-refractivity contribution in [3.8, 4) is 0 Å². The van der Waals surface area contributed by atoms with E-state index in [4.69, 9.17) is 0 Å². The van der Waals surface area contributed by atoms with E-state index in [0.717, 1.165) is 5.56 Å². The normalized spacial score (nSPS) is 23.2. The lowest BCUT2D eigenvalue weighted by atomic mass is 10.2. The molecule has 0 spiro atoms. The number of nitrogens with one attached hydrogen (secondary N) is 1. The Morgan fingerprint density at radius 3 is 2.92 bits per heavy atom. The molecule has 0 bridgehead atoms. The Labute approximate surface area is 162 Å². The molecule has 3 aromatic rings. The smallest absolute Gasteiger partial charge is 0.166 e. The number of imidazole rings is 1. The first-order valence-electron chi connectivity index (χ1n) is 7.77. The molecule has 25 heavy (non-hydrogen) atoms. The molecule has 9 heteroatoms. The number of aliphatic hydroxyl groups excluding tert-OH is 2. The lowest BCUT2D eigenvalue weighted by molar-refractivity contribution is 0.0313. The van der Waals surface area contributed by atoms with Crippen LogP contribution in [0.1, 0.15) is 10.9 Å². The van der Waals surface area contributed by atoms with Gasteiger partial charge in [0.15, 0.2) is 11.5 Å². The largest absolute Gasteiger partial charge is 0.389 e. The predicted molar refractivity (Wildman–Crippen MR) is 105 cm³/mol. The van der Waals surface area contributed by atoms with E-state index in [0.29, 0.717) is 29.3 Å². The molecule has 0 amide bonds. The molecule has 1 saturated heterocycles. The van der Waals surface area contributed by atoms with Gasteiger partial charge in [0.25, 0.3) is 0 Å². The van der Waals surface area contributed by atoms with Crippen molar-refractivity contribution in [1.82, 2.24) is 19.5 Å². The van der Waals surface area contributed by atoms with Crippen molar-refractivity contribution in [2.45, 2.75) is 24.1 Å². The first kappa shape index (κ1) is 17.0. The SMILES string of the molecule is O[C@@H]1[C@H](n2cnc3c(NCc4cccc(I)c4)ncnc32)SC[C@@H]1O. The summed E-state index contributed by atoms with van der Waals surface area (Å²) in [5.41, 5.74) is 2.45. The number of anilines is 1. The third-order valence-corrected chi connectivity index (χ3v) is 6.16. The minimum absolute atomic E-state index is 0.293. The standard InChI is InChI=1S/C16H16IN5O2S/c17-10-3-1-2-9(4-10)5-18-14-12-15(20-7-19-14)22(8-21-12)16-13(24)11(23)6-25-16/h1-4,7-8,11,13,16,23-24H,5-6H2,(H,18,19,20)/t11-,13-,16+/m0/s1. The van der Waals surface area contributed by atoms with Crippen LogP contribution in [0.15, 0.2) is 36.9 Å². The number of aliphatic hydroxyl groups is 2. The summed E-state index contributed by atoms with van der Waals surface area (Å²) in [5.74, 6) is 1.15. The maximum Gasteiger partial charge on any atom is 0.166 e. The lowest BCUT2D eigenvalue weighted by Crippen LogP contribution is -2.27. The predicted octanol–water partition coefficient (Wildman–Crippen LogP) is 2.01. The van der Waals surface area contributed by atoms with Crippen molar-refractivity contribution < 1.29 is 10.2 Å². The van der Waals surface area contributed by atoms with Crippen LogP contribution in [0.4, 0.5) is 5.82 Å². The monoisotopic (exact) mass is 469 g/mol. The van der Waals surface area contributed by atoms with Crippen LogP contribution >= 0.6 is 34.4 Å². The molecule has 0 aliphatic carbocycles. The fraction of sp³-hybridized carbons (Fsp3) is 0.312. The van der Waals surface area contributed by atoms with Gasteiger partial charge in [0.2, 0.25) is 0 Å². The van der Waals surface area contributed by atoms with Gasteiger partial charge in [-0.2, -0.15) is 0 Å². The molecule has 3 heterocycles. The van der Waals surface area contributed by atoms with Crippen LogP contribution in [0.5, 0.6) is 0 Å². The van der Waals surface area contributed by atoms with Gasteiger partial charge in [0.05, 0.1) is 12.4 Å². The zero-order chi connectivity index (χ0) is 17.4. The Balaban J connectivity index is 1.61. The van der Waals surface area contributed by atoms with Crippen LogP contribution in [0.25, 0.3) is 11.2 Å². The van der Waals surface area contributed by atoms with Gasteiger partial charge in [0.1, 0.15) is 23.3 Å². The quantitative estimate of drug-likeness (QED) is 0.504. The van der Waals surface area contributed by atoms with Crippen molar-refractivity contribution in [2.75, 3.05) is 11.1 Å². The highest BCUT2D eigenvalue weighted by Gasteiger charge is 2.36. The summed E-state index contributed by atoms with van der Waals surface area (Å²) < 4.78 is 2.99. The van der Waals surface area contributed by atoms with Crippen molar-refractivity contribution in [3.05, 3.63) is 46.1 Å². The second kappa shape index (κ2) is 7.06. The van der Waals surface area contributed by atoms with Crippen molar-refractivity contribution in [2.24, 2.45) is 0 Å². The number of hydrogen-bond acceptors (Lipinski definition) is 7. The maximum absolute atomic E-state index is 10.2. The fourth-order valence-corrected chi connectivity index (χ4v) is 4.72. The van der Waals surface area contributed by atoms with E-state index < -0.39 is 12.2 Å². The number of nitrogens with zero attached hydrogens (tertiary/aromatic N) is 4. The van der Waals surface area contributed by atoms with Gasteiger partial charge in [-0.25, -0.2) is 15.0 Å². The molecular weight excluding hydrogens is 453 g/mol. The molecule has 4 rings (SSSR count). The summed E-state index contributed by atoms with van der Waals surface area (Å²) in [6.07, 6.45) is 1.57. The van der Waals surface area contributed by atoms with E-state index in [1.807, 2.05) is 12.1 Å². The molecule has 3 N–H and O–H groups in total. The molecule has 1 aliphatic rings.